The molecule has 1 amide bonds. The van der Waals surface area contributed by atoms with Crippen molar-refractivity contribution in [1.29, 1.82) is 5.26 Å². The van der Waals surface area contributed by atoms with E-state index in [-0.39, 0.29) is 12.2 Å². The van der Waals surface area contributed by atoms with E-state index in [1.807, 2.05) is 25.5 Å². The van der Waals surface area contributed by atoms with Gasteiger partial charge in [0.2, 0.25) is 0 Å². The van der Waals surface area contributed by atoms with Crippen LogP contribution in [-0.2, 0) is 18.2 Å². The lowest BCUT2D eigenvalue weighted by Crippen LogP contribution is -2.49. The summed E-state index contributed by atoms with van der Waals surface area (Å²) in [5, 5.41) is 14.2. The zero-order valence-corrected chi connectivity index (χ0v) is 16.3. The molecule has 2 aliphatic carbocycles. The first-order valence-corrected chi connectivity index (χ1v) is 9.95. The molecule has 0 bridgehead atoms. The van der Waals surface area contributed by atoms with Gasteiger partial charge in [-0.15, -0.1) is 0 Å². The van der Waals surface area contributed by atoms with Crippen molar-refractivity contribution >= 4 is 22.9 Å². The summed E-state index contributed by atoms with van der Waals surface area (Å²) < 4.78 is 7.16. The maximum atomic E-state index is 12.2. The lowest BCUT2D eigenvalue weighted by atomic mass is 10.0. The highest BCUT2D eigenvalue weighted by Gasteiger charge is 2.32. The number of rotatable bonds is 3. The molecule has 1 saturated heterocycles. The number of amides is 1. The standard InChI is InChI=1S/C21H22N6O2/c1-25-13-14(12-24-25)16-10-18-20(17(16)11-22)19(4-5-23-18)26-6-8-27(9-7-26)21(28)29-15-2-3-15/h4-5,12-13,15H,2-3,6-10H2,1H3. The third kappa shape index (κ3) is 3.23. The SMILES string of the molecule is Cn1cc(C2=C(C#N)c3c(N4CCN(C(=O)OC5CC5)CC4)ccnc3C2)cn1. The van der Waals surface area contributed by atoms with Crippen LogP contribution < -0.4 is 4.90 Å². The van der Waals surface area contributed by atoms with Gasteiger partial charge < -0.3 is 14.5 Å². The molecule has 148 valence electrons. The molecular weight excluding hydrogens is 368 g/mol. The second-order valence-electron chi connectivity index (χ2n) is 7.75. The number of hydrogen-bond donors (Lipinski definition) is 0. The molecule has 2 fully saturated rings. The van der Waals surface area contributed by atoms with Gasteiger partial charge in [-0.3, -0.25) is 9.67 Å². The van der Waals surface area contributed by atoms with Crippen molar-refractivity contribution in [2.45, 2.75) is 25.4 Å². The van der Waals surface area contributed by atoms with Crippen molar-refractivity contribution < 1.29 is 9.53 Å². The third-order valence-corrected chi connectivity index (χ3v) is 5.74. The summed E-state index contributed by atoms with van der Waals surface area (Å²) in [4.78, 5) is 20.8. The Labute approximate surface area is 169 Å². The number of allylic oxidation sites excluding steroid dienone is 2. The molecule has 2 aromatic rings. The highest BCUT2D eigenvalue weighted by Crippen LogP contribution is 2.42. The Morgan fingerprint density at radius 2 is 2.07 bits per heavy atom. The summed E-state index contributed by atoms with van der Waals surface area (Å²) in [7, 11) is 1.87. The molecule has 2 aromatic heterocycles. The largest absolute Gasteiger partial charge is 0.446 e. The number of carbonyl (C=O) groups excluding carboxylic acids is 1. The predicted molar refractivity (Wildman–Crippen MR) is 107 cm³/mol. The van der Waals surface area contributed by atoms with Crippen LogP contribution >= 0.6 is 0 Å². The number of nitriles is 1. The summed E-state index contributed by atoms with van der Waals surface area (Å²) >= 11 is 0. The van der Waals surface area contributed by atoms with E-state index in [0.717, 1.165) is 40.9 Å². The van der Waals surface area contributed by atoms with Crippen molar-refractivity contribution in [2.75, 3.05) is 31.1 Å². The summed E-state index contributed by atoms with van der Waals surface area (Å²) in [5.41, 5.74) is 5.46. The molecule has 8 nitrogen and oxygen atoms in total. The monoisotopic (exact) mass is 390 g/mol. The van der Waals surface area contributed by atoms with Gasteiger partial charge in [-0.25, -0.2) is 4.79 Å². The van der Waals surface area contributed by atoms with E-state index >= 15 is 0 Å². The molecular formula is C21H22N6O2. The summed E-state index contributed by atoms with van der Waals surface area (Å²) in [6.07, 6.45) is 8.05. The minimum atomic E-state index is -0.205. The fraction of sp³-hybridized carbons (Fsp3) is 0.429. The summed E-state index contributed by atoms with van der Waals surface area (Å²) in [6.45, 7) is 2.64. The summed E-state index contributed by atoms with van der Waals surface area (Å²) in [6, 6.07) is 4.38. The van der Waals surface area contributed by atoms with Crippen LogP contribution in [-0.4, -0.2) is 58.0 Å². The Balaban J connectivity index is 1.40. The van der Waals surface area contributed by atoms with Crippen molar-refractivity contribution in [1.82, 2.24) is 19.7 Å². The quantitative estimate of drug-likeness (QED) is 0.799. The maximum absolute atomic E-state index is 12.2. The van der Waals surface area contributed by atoms with E-state index in [2.05, 4.69) is 21.1 Å². The van der Waals surface area contributed by atoms with Gasteiger partial charge in [0.15, 0.2) is 0 Å². The lowest BCUT2D eigenvalue weighted by Gasteiger charge is -2.36. The topological polar surface area (TPSA) is 87.3 Å². The van der Waals surface area contributed by atoms with Crippen LogP contribution in [0.15, 0.2) is 24.7 Å². The molecule has 0 spiro atoms. The molecule has 3 heterocycles. The van der Waals surface area contributed by atoms with E-state index in [1.165, 1.54) is 0 Å². The Hall–Kier alpha value is -3.34. The molecule has 0 unspecified atom stereocenters. The van der Waals surface area contributed by atoms with Gasteiger partial charge in [0.05, 0.1) is 17.5 Å². The number of hydrogen-bond acceptors (Lipinski definition) is 6. The third-order valence-electron chi connectivity index (χ3n) is 5.74. The Morgan fingerprint density at radius 1 is 1.28 bits per heavy atom. The van der Waals surface area contributed by atoms with Gasteiger partial charge in [-0.1, -0.05) is 0 Å². The number of anilines is 1. The smallest absolute Gasteiger partial charge is 0.410 e. The van der Waals surface area contributed by atoms with Crippen LogP contribution in [0.3, 0.4) is 0 Å². The van der Waals surface area contributed by atoms with Gasteiger partial charge in [-0.2, -0.15) is 10.4 Å². The fourth-order valence-corrected chi connectivity index (χ4v) is 4.05. The van der Waals surface area contributed by atoms with Crippen LogP contribution in [0.1, 0.15) is 29.7 Å². The number of ether oxygens (including phenoxy) is 1. The van der Waals surface area contributed by atoms with Crippen molar-refractivity contribution in [3.05, 3.63) is 41.5 Å². The Morgan fingerprint density at radius 3 is 2.72 bits per heavy atom. The minimum Gasteiger partial charge on any atom is -0.446 e. The highest BCUT2D eigenvalue weighted by molar-refractivity contribution is 6.05. The normalized spacial score (nSPS) is 18.6. The first-order valence-electron chi connectivity index (χ1n) is 9.95. The van der Waals surface area contributed by atoms with Crippen LogP contribution in [0.4, 0.5) is 10.5 Å². The number of nitrogens with zero attached hydrogens (tertiary/aromatic N) is 6. The number of carbonyl (C=O) groups is 1. The first kappa shape index (κ1) is 17.7. The zero-order valence-electron chi connectivity index (χ0n) is 16.3. The molecule has 0 radical (unpaired) electrons. The van der Waals surface area contributed by atoms with Gasteiger partial charge in [0.25, 0.3) is 0 Å². The van der Waals surface area contributed by atoms with E-state index in [1.54, 1.807) is 15.8 Å². The maximum Gasteiger partial charge on any atom is 0.410 e. The number of pyridine rings is 1. The Bertz CT molecular complexity index is 1040. The average molecular weight is 390 g/mol. The van der Waals surface area contributed by atoms with Gasteiger partial charge in [-0.05, 0) is 24.5 Å². The second-order valence-corrected chi connectivity index (χ2v) is 7.75. The summed E-state index contributed by atoms with van der Waals surface area (Å²) in [5.74, 6) is 0. The van der Waals surface area contributed by atoms with Crippen molar-refractivity contribution in [3.8, 4) is 6.07 Å². The van der Waals surface area contributed by atoms with E-state index in [4.69, 9.17) is 4.74 Å². The van der Waals surface area contributed by atoms with Crippen LogP contribution in [0, 0.1) is 11.3 Å². The molecule has 5 rings (SSSR count). The van der Waals surface area contributed by atoms with Crippen LogP contribution in [0.25, 0.3) is 11.1 Å². The number of fused-ring (bicyclic) bond motifs is 1. The van der Waals surface area contributed by atoms with Crippen LogP contribution in [0.2, 0.25) is 0 Å². The molecule has 29 heavy (non-hydrogen) atoms. The van der Waals surface area contributed by atoms with Crippen molar-refractivity contribution in [3.63, 3.8) is 0 Å². The van der Waals surface area contributed by atoms with E-state index in [9.17, 15) is 10.1 Å². The van der Waals surface area contributed by atoms with Gasteiger partial charge in [0.1, 0.15) is 12.2 Å². The Kier molecular flexibility index (Phi) is 4.23. The van der Waals surface area contributed by atoms with Gasteiger partial charge >= 0.3 is 6.09 Å². The first-order chi connectivity index (χ1) is 14.1. The molecule has 1 aliphatic heterocycles. The predicted octanol–water partition coefficient (Wildman–Crippen LogP) is 2.23. The molecule has 0 N–H and O–H groups in total. The molecule has 3 aliphatic rings. The number of aromatic nitrogens is 3. The highest BCUT2D eigenvalue weighted by atomic mass is 16.6. The molecule has 1 saturated carbocycles. The average Bonchev–Trinajstić information content (AvgIpc) is 3.31. The zero-order chi connectivity index (χ0) is 20.0. The fourth-order valence-electron chi connectivity index (χ4n) is 4.05. The van der Waals surface area contributed by atoms with E-state index < -0.39 is 0 Å². The lowest BCUT2D eigenvalue weighted by molar-refractivity contribution is 0.0939. The minimum absolute atomic E-state index is 0.123. The molecule has 0 atom stereocenters. The second kappa shape index (κ2) is 6.92. The molecule has 8 heteroatoms. The van der Waals surface area contributed by atoms with E-state index in [0.29, 0.717) is 38.2 Å². The van der Waals surface area contributed by atoms with Crippen LogP contribution in [0.5, 0.6) is 0 Å². The molecule has 0 aromatic carbocycles. The number of piperazine rings is 1. The van der Waals surface area contributed by atoms with Gasteiger partial charge in [0, 0.05) is 68.9 Å². The van der Waals surface area contributed by atoms with Crippen molar-refractivity contribution in [2.24, 2.45) is 7.05 Å². The number of aryl methyl sites for hydroxylation is 1.